The van der Waals surface area contributed by atoms with Gasteiger partial charge < -0.3 is 4.74 Å². The van der Waals surface area contributed by atoms with Crippen LogP contribution in [0.2, 0.25) is 0 Å². The van der Waals surface area contributed by atoms with Gasteiger partial charge in [-0.3, -0.25) is 0 Å². The average molecular weight is 340 g/mol. The maximum atomic E-state index is 13.8. The Hall–Kier alpha value is -0.0900. The first kappa shape index (κ1) is 13.0. The Bertz CT molecular complexity index is 313. The van der Waals surface area contributed by atoms with Gasteiger partial charge in [0.15, 0.2) is 11.6 Å². The zero-order valence-corrected chi connectivity index (χ0v) is 11.6. The van der Waals surface area contributed by atoms with Gasteiger partial charge in [0.25, 0.3) is 0 Å². The van der Waals surface area contributed by atoms with E-state index in [2.05, 4.69) is 31.9 Å². The molecule has 0 aliphatic heterocycles. The third-order valence-electron chi connectivity index (χ3n) is 2.21. The molecule has 1 rings (SSSR count). The molecule has 15 heavy (non-hydrogen) atoms. The lowest BCUT2D eigenvalue weighted by atomic mass is 10.0. The van der Waals surface area contributed by atoms with Crippen molar-refractivity contribution in [2.75, 3.05) is 17.8 Å². The molecule has 0 amide bonds. The van der Waals surface area contributed by atoms with Crippen molar-refractivity contribution < 1.29 is 9.13 Å². The summed E-state index contributed by atoms with van der Waals surface area (Å²) in [6.45, 7) is 0. The van der Waals surface area contributed by atoms with Crippen molar-refractivity contribution in [3.05, 3.63) is 29.6 Å². The summed E-state index contributed by atoms with van der Waals surface area (Å²) in [5.41, 5.74) is 0.707. The molecule has 0 aliphatic rings. The first-order chi connectivity index (χ1) is 7.22. The number of hydrogen-bond acceptors (Lipinski definition) is 1. The molecular formula is C11H13Br2FO. The molecule has 0 saturated carbocycles. The fraction of sp³-hybridized carbons (Fsp3) is 0.455. The number of halogens is 3. The largest absolute Gasteiger partial charge is 0.494 e. The number of hydrogen-bond donors (Lipinski definition) is 0. The highest BCUT2D eigenvalue weighted by molar-refractivity contribution is 9.09. The minimum absolute atomic E-state index is 0.244. The fourth-order valence-corrected chi connectivity index (χ4v) is 2.86. The van der Waals surface area contributed by atoms with Crippen LogP contribution in [0, 0.1) is 11.7 Å². The number of ether oxygens (including phenoxy) is 1. The third-order valence-corrected chi connectivity index (χ3v) is 4.04. The van der Waals surface area contributed by atoms with Gasteiger partial charge >= 0.3 is 0 Å². The standard InChI is InChI=1S/C11H13Br2FO/c1-15-10-4-2-3-9(11(10)14)5-8(6-12)7-13/h2-4,8H,5-7H2,1H3. The maximum absolute atomic E-state index is 13.8. The molecule has 84 valence electrons. The molecule has 0 heterocycles. The topological polar surface area (TPSA) is 9.23 Å². The van der Waals surface area contributed by atoms with Gasteiger partial charge in [-0.1, -0.05) is 44.0 Å². The Balaban J connectivity index is 2.85. The molecule has 1 aromatic rings. The summed E-state index contributed by atoms with van der Waals surface area (Å²) in [5, 5.41) is 1.71. The van der Waals surface area contributed by atoms with Crippen molar-refractivity contribution in [2.24, 2.45) is 5.92 Å². The number of rotatable bonds is 5. The van der Waals surface area contributed by atoms with Crippen LogP contribution in [0.1, 0.15) is 5.56 Å². The summed E-state index contributed by atoms with van der Waals surface area (Å²) in [5.74, 6) is 0.467. The second kappa shape index (κ2) is 6.48. The van der Waals surface area contributed by atoms with Crippen molar-refractivity contribution >= 4 is 31.9 Å². The van der Waals surface area contributed by atoms with Gasteiger partial charge in [-0.25, -0.2) is 4.39 Å². The summed E-state index contributed by atoms with van der Waals surface area (Å²) in [6.07, 6.45) is 0.708. The average Bonchev–Trinajstić information content (AvgIpc) is 2.28. The molecule has 0 N–H and O–H groups in total. The van der Waals surface area contributed by atoms with E-state index < -0.39 is 0 Å². The second-order valence-corrected chi connectivity index (χ2v) is 4.61. The molecule has 1 aromatic carbocycles. The van der Waals surface area contributed by atoms with Gasteiger partial charge in [0.1, 0.15) is 0 Å². The van der Waals surface area contributed by atoms with Gasteiger partial charge in [-0.2, -0.15) is 0 Å². The quantitative estimate of drug-likeness (QED) is 0.742. The smallest absolute Gasteiger partial charge is 0.168 e. The molecule has 0 bridgehead atoms. The SMILES string of the molecule is COc1cccc(CC(CBr)CBr)c1F. The normalized spacial score (nSPS) is 10.7. The Kier molecular flexibility index (Phi) is 5.61. The lowest BCUT2D eigenvalue weighted by Crippen LogP contribution is -2.09. The first-order valence-corrected chi connectivity index (χ1v) is 6.90. The van der Waals surface area contributed by atoms with Crippen molar-refractivity contribution in [2.45, 2.75) is 6.42 Å². The van der Waals surface area contributed by atoms with Crippen LogP contribution in [0.5, 0.6) is 5.75 Å². The van der Waals surface area contributed by atoms with Crippen LogP contribution in [-0.2, 0) is 6.42 Å². The van der Waals surface area contributed by atoms with Gasteiger partial charge in [0.2, 0.25) is 0 Å². The minimum Gasteiger partial charge on any atom is -0.494 e. The number of alkyl halides is 2. The molecule has 0 atom stereocenters. The Morgan fingerprint density at radius 1 is 1.33 bits per heavy atom. The van der Waals surface area contributed by atoms with Crippen molar-refractivity contribution in [3.8, 4) is 5.75 Å². The summed E-state index contributed by atoms with van der Waals surface area (Å²) in [7, 11) is 1.48. The summed E-state index contributed by atoms with van der Waals surface area (Å²) in [4.78, 5) is 0. The van der Waals surface area contributed by atoms with E-state index in [0.29, 0.717) is 23.7 Å². The molecule has 4 heteroatoms. The van der Waals surface area contributed by atoms with E-state index >= 15 is 0 Å². The van der Waals surface area contributed by atoms with E-state index in [9.17, 15) is 4.39 Å². The Labute approximate surface area is 106 Å². The lowest BCUT2D eigenvalue weighted by molar-refractivity contribution is 0.383. The van der Waals surface area contributed by atoms with Crippen LogP contribution in [0.4, 0.5) is 4.39 Å². The van der Waals surface area contributed by atoms with E-state index in [0.717, 1.165) is 10.7 Å². The summed E-state index contributed by atoms with van der Waals surface area (Å²) >= 11 is 6.82. The monoisotopic (exact) mass is 338 g/mol. The zero-order valence-electron chi connectivity index (χ0n) is 8.47. The predicted octanol–water partition coefficient (Wildman–Crippen LogP) is 3.78. The van der Waals surface area contributed by atoms with Crippen LogP contribution < -0.4 is 4.74 Å². The van der Waals surface area contributed by atoms with Crippen molar-refractivity contribution in [1.29, 1.82) is 0 Å². The maximum Gasteiger partial charge on any atom is 0.168 e. The van der Waals surface area contributed by atoms with Crippen molar-refractivity contribution in [3.63, 3.8) is 0 Å². The second-order valence-electron chi connectivity index (χ2n) is 3.31. The highest BCUT2D eigenvalue weighted by Crippen LogP contribution is 2.23. The summed E-state index contributed by atoms with van der Waals surface area (Å²) in [6, 6.07) is 5.25. The molecule has 0 saturated heterocycles. The van der Waals surface area contributed by atoms with E-state index in [4.69, 9.17) is 4.74 Å². The first-order valence-electron chi connectivity index (χ1n) is 4.66. The zero-order chi connectivity index (χ0) is 11.3. The van der Waals surface area contributed by atoms with Gasteiger partial charge in [0, 0.05) is 10.7 Å². The van der Waals surface area contributed by atoms with Gasteiger partial charge in [0.05, 0.1) is 7.11 Å². The molecule has 0 aromatic heterocycles. The third kappa shape index (κ3) is 3.45. The minimum atomic E-state index is -0.244. The summed E-state index contributed by atoms with van der Waals surface area (Å²) < 4.78 is 18.7. The molecule has 0 spiro atoms. The highest BCUT2D eigenvalue weighted by atomic mass is 79.9. The van der Waals surface area contributed by atoms with E-state index in [-0.39, 0.29) is 5.82 Å². The van der Waals surface area contributed by atoms with Crippen LogP contribution in [0.3, 0.4) is 0 Å². The van der Waals surface area contributed by atoms with Gasteiger partial charge in [-0.15, -0.1) is 0 Å². The Morgan fingerprint density at radius 3 is 2.53 bits per heavy atom. The van der Waals surface area contributed by atoms with Crippen LogP contribution >= 0.6 is 31.9 Å². The molecule has 0 aliphatic carbocycles. The van der Waals surface area contributed by atoms with Gasteiger partial charge in [-0.05, 0) is 24.0 Å². The van der Waals surface area contributed by atoms with E-state index in [1.165, 1.54) is 7.11 Å². The van der Waals surface area contributed by atoms with E-state index in [1.54, 1.807) is 12.1 Å². The fourth-order valence-electron chi connectivity index (χ4n) is 1.33. The molecule has 0 fully saturated rings. The van der Waals surface area contributed by atoms with Crippen LogP contribution in [0.25, 0.3) is 0 Å². The molecule has 1 nitrogen and oxygen atoms in total. The van der Waals surface area contributed by atoms with Crippen LogP contribution in [-0.4, -0.2) is 17.8 Å². The number of benzene rings is 1. The number of methoxy groups -OCH3 is 1. The molecule has 0 unspecified atom stereocenters. The van der Waals surface area contributed by atoms with Crippen LogP contribution in [0.15, 0.2) is 18.2 Å². The lowest BCUT2D eigenvalue weighted by Gasteiger charge is -2.12. The molecule has 0 radical (unpaired) electrons. The van der Waals surface area contributed by atoms with E-state index in [1.807, 2.05) is 6.07 Å². The highest BCUT2D eigenvalue weighted by Gasteiger charge is 2.13. The predicted molar refractivity (Wildman–Crippen MR) is 67.7 cm³/mol. The van der Waals surface area contributed by atoms with Crippen molar-refractivity contribution in [1.82, 2.24) is 0 Å². The Morgan fingerprint density at radius 2 is 2.00 bits per heavy atom. The molecular weight excluding hydrogens is 327 g/mol.